The molecule has 7 nitrogen and oxygen atoms in total. The van der Waals surface area contributed by atoms with E-state index < -0.39 is 10.0 Å². The highest BCUT2D eigenvalue weighted by Crippen LogP contribution is 2.23. The van der Waals surface area contributed by atoms with Gasteiger partial charge in [-0.05, 0) is 25.2 Å². The third-order valence-electron chi connectivity index (χ3n) is 4.13. The van der Waals surface area contributed by atoms with E-state index in [1.807, 2.05) is 13.2 Å². The van der Waals surface area contributed by atoms with Crippen LogP contribution >= 0.6 is 0 Å². The third-order valence-corrected chi connectivity index (χ3v) is 5.40. The molecule has 0 amide bonds. The minimum atomic E-state index is -3.11. The number of hydrogen-bond donors (Lipinski definition) is 0. The molecule has 3 rings (SSSR count). The monoisotopic (exact) mass is 335 g/mol. The Morgan fingerprint density at radius 1 is 1.30 bits per heavy atom. The van der Waals surface area contributed by atoms with Crippen LogP contribution in [0.25, 0.3) is 11.3 Å². The molecule has 3 heterocycles. The quantitative estimate of drug-likeness (QED) is 0.835. The van der Waals surface area contributed by atoms with Crippen LogP contribution in [-0.4, -0.2) is 51.8 Å². The maximum Gasteiger partial charge on any atom is 0.211 e. The first-order valence-corrected chi connectivity index (χ1v) is 9.52. The van der Waals surface area contributed by atoms with Crippen molar-refractivity contribution in [3.05, 3.63) is 30.5 Å². The summed E-state index contributed by atoms with van der Waals surface area (Å²) in [6.45, 7) is 1.19. The summed E-state index contributed by atoms with van der Waals surface area (Å²) >= 11 is 0. The van der Waals surface area contributed by atoms with Gasteiger partial charge in [0.15, 0.2) is 0 Å². The van der Waals surface area contributed by atoms with Gasteiger partial charge in [0, 0.05) is 38.1 Å². The number of aryl methyl sites for hydroxylation is 1. The first-order chi connectivity index (χ1) is 10.9. The van der Waals surface area contributed by atoms with Crippen LogP contribution in [0.3, 0.4) is 0 Å². The van der Waals surface area contributed by atoms with Gasteiger partial charge < -0.3 is 0 Å². The number of sulfonamides is 1. The van der Waals surface area contributed by atoms with Gasteiger partial charge in [-0.3, -0.25) is 9.67 Å². The minimum Gasteiger partial charge on any atom is -0.275 e. The molecule has 0 N–H and O–H groups in total. The normalized spacial score (nSPS) is 19.8. The second-order valence-corrected chi connectivity index (χ2v) is 8.11. The van der Waals surface area contributed by atoms with Gasteiger partial charge >= 0.3 is 0 Å². The minimum absolute atomic E-state index is 0.289. The lowest BCUT2D eigenvalue weighted by molar-refractivity contribution is 0.265. The van der Waals surface area contributed by atoms with Crippen molar-refractivity contribution in [3.8, 4) is 11.3 Å². The molecule has 1 aliphatic heterocycles. The molecule has 0 bridgehead atoms. The highest BCUT2D eigenvalue weighted by atomic mass is 32.2. The number of hydrogen-bond acceptors (Lipinski definition) is 5. The number of aromatic nitrogens is 4. The van der Waals surface area contributed by atoms with Crippen molar-refractivity contribution in [1.82, 2.24) is 24.1 Å². The Morgan fingerprint density at radius 2 is 2.13 bits per heavy atom. The molecule has 8 heteroatoms. The van der Waals surface area contributed by atoms with Crippen LogP contribution < -0.4 is 0 Å². The van der Waals surface area contributed by atoms with Crippen molar-refractivity contribution in [2.75, 3.05) is 19.3 Å². The molecule has 0 radical (unpaired) electrons. The lowest BCUT2D eigenvalue weighted by Crippen LogP contribution is -2.39. The lowest BCUT2D eigenvalue weighted by atomic mass is 9.95. The third kappa shape index (κ3) is 3.94. The second-order valence-electron chi connectivity index (χ2n) is 6.13. The molecule has 1 atom stereocenters. The molecule has 0 spiro atoms. The van der Waals surface area contributed by atoms with E-state index >= 15 is 0 Å². The Hall–Kier alpha value is -1.80. The Bertz CT molecular complexity index is 787. The molecule has 1 aliphatic rings. The van der Waals surface area contributed by atoms with Crippen LogP contribution in [-0.2, 0) is 23.5 Å². The maximum absolute atomic E-state index is 11.7. The van der Waals surface area contributed by atoms with Crippen LogP contribution in [0.2, 0.25) is 0 Å². The fourth-order valence-electron chi connectivity index (χ4n) is 2.99. The van der Waals surface area contributed by atoms with E-state index in [4.69, 9.17) is 0 Å². The topological polar surface area (TPSA) is 81.0 Å². The van der Waals surface area contributed by atoms with Crippen LogP contribution in [0, 0.1) is 5.92 Å². The summed E-state index contributed by atoms with van der Waals surface area (Å²) in [4.78, 5) is 8.93. The van der Waals surface area contributed by atoms with E-state index in [1.54, 1.807) is 27.6 Å². The van der Waals surface area contributed by atoms with Crippen molar-refractivity contribution in [1.29, 1.82) is 0 Å². The maximum atomic E-state index is 11.7. The molecule has 0 aromatic carbocycles. The van der Waals surface area contributed by atoms with Crippen LogP contribution in [0.1, 0.15) is 18.5 Å². The van der Waals surface area contributed by atoms with E-state index in [2.05, 4.69) is 15.1 Å². The van der Waals surface area contributed by atoms with Gasteiger partial charge in [0.25, 0.3) is 0 Å². The predicted molar refractivity (Wildman–Crippen MR) is 87.1 cm³/mol. The standard InChI is InChI=1S/C15H21N5O2S/c1-19-11-13(7-17-19)15-9-16-8-14(18-15)6-12-4-3-5-20(10-12)23(2,21)22/h7-9,11-12H,3-6,10H2,1-2H3/t12-/m1/s1. The molecule has 23 heavy (non-hydrogen) atoms. The van der Waals surface area contributed by atoms with Gasteiger partial charge in [-0.15, -0.1) is 0 Å². The van der Waals surface area contributed by atoms with Gasteiger partial charge in [0.2, 0.25) is 10.0 Å². The van der Waals surface area contributed by atoms with Crippen molar-refractivity contribution in [2.45, 2.75) is 19.3 Å². The molecular weight excluding hydrogens is 314 g/mol. The van der Waals surface area contributed by atoms with Crippen molar-refractivity contribution in [2.24, 2.45) is 13.0 Å². The first kappa shape index (κ1) is 16.1. The number of nitrogens with zero attached hydrogens (tertiary/aromatic N) is 5. The molecule has 2 aromatic rings. The van der Waals surface area contributed by atoms with Gasteiger partial charge in [0.05, 0.1) is 30.0 Å². The van der Waals surface area contributed by atoms with Crippen molar-refractivity contribution < 1.29 is 8.42 Å². The molecule has 2 aromatic heterocycles. The van der Waals surface area contributed by atoms with E-state index in [-0.39, 0.29) is 5.92 Å². The Morgan fingerprint density at radius 3 is 2.83 bits per heavy atom. The second kappa shape index (κ2) is 6.37. The summed E-state index contributed by atoms with van der Waals surface area (Å²) in [5, 5.41) is 4.15. The summed E-state index contributed by atoms with van der Waals surface area (Å²) in [7, 11) is -1.25. The summed E-state index contributed by atoms with van der Waals surface area (Å²) in [5.41, 5.74) is 2.63. The Kier molecular flexibility index (Phi) is 4.45. The molecule has 0 saturated carbocycles. The highest BCUT2D eigenvalue weighted by Gasteiger charge is 2.26. The van der Waals surface area contributed by atoms with Crippen LogP contribution in [0.5, 0.6) is 0 Å². The molecule has 0 unspecified atom stereocenters. The predicted octanol–water partition coefficient (Wildman–Crippen LogP) is 1.09. The van der Waals surface area contributed by atoms with Crippen LogP contribution in [0.4, 0.5) is 0 Å². The Balaban J connectivity index is 1.73. The molecule has 1 fully saturated rings. The van der Waals surface area contributed by atoms with E-state index in [0.717, 1.165) is 36.2 Å². The zero-order valence-corrected chi connectivity index (χ0v) is 14.2. The molecule has 124 valence electrons. The van der Waals surface area contributed by atoms with Gasteiger partial charge in [-0.2, -0.15) is 5.10 Å². The SMILES string of the molecule is Cn1cc(-c2cncc(C[C@H]3CCCN(S(C)(=O)=O)C3)n2)cn1. The van der Waals surface area contributed by atoms with E-state index in [1.165, 1.54) is 6.26 Å². The first-order valence-electron chi connectivity index (χ1n) is 7.67. The van der Waals surface area contributed by atoms with Gasteiger partial charge in [0.1, 0.15) is 0 Å². The highest BCUT2D eigenvalue weighted by molar-refractivity contribution is 7.88. The molecular formula is C15H21N5O2S. The fourth-order valence-corrected chi connectivity index (χ4v) is 3.93. The average molecular weight is 335 g/mol. The molecule has 0 aliphatic carbocycles. The fraction of sp³-hybridized carbons (Fsp3) is 0.533. The molecule has 1 saturated heterocycles. The largest absolute Gasteiger partial charge is 0.275 e. The summed E-state index contributed by atoms with van der Waals surface area (Å²) in [5.74, 6) is 0.289. The Labute approximate surface area is 136 Å². The smallest absolute Gasteiger partial charge is 0.211 e. The summed E-state index contributed by atoms with van der Waals surface area (Å²) in [6, 6.07) is 0. The zero-order valence-electron chi connectivity index (χ0n) is 13.4. The van der Waals surface area contributed by atoms with Crippen molar-refractivity contribution in [3.63, 3.8) is 0 Å². The summed E-state index contributed by atoms with van der Waals surface area (Å²) in [6.07, 6.45) is 11.1. The average Bonchev–Trinajstić information content (AvgIpc) is 2.94. The lowest BCUT2D eigenvalue weighted by Gasteiger charge is -2.30. The van der Waals surface area contributed by atoms with Crippen LogP contribution in [0.15, 0.2) is 24.8 Å². The van der Waals surface area contributed by atoms with Gasteiger partial charge in [-0.25, -0.2) is 17.7 Å². The van der Waals surface area contributed by atoms with E-state index in [0.29, 0.717) is 13.1 Å². The summed E-state index contributed by atoms with van der Waals surface area (Å²) < 4.78 is 26.7. The number of rotatable bonds is 4. The van der Waals surface area contributed by atoms with Crippen molar-refractivity contribution >= 4 is 10.0 Å². The number of piperidine rings is 1. The van der Waals surface area contributed by atoms with E-state index in [9.17, 15) is 8.42 Å². The zero-order chi connectivity index (χ0) is 16.4. The van der Waals surface area contributed by atoms with Gasteiger partial charge in [-0.1, -0.05) is 0 Å².